The van der Waals surface area contributed by atoms with Crippen molar-refractivity contribution < 1.29 is 4.79 Å². The molecular formula is C27H33N7O. The number of carbonyl (C=O) groups excluding carboxylic acids is 1. The third kappa shape index (κ3) is 4.74. The summed E-state index contributed by atoms with van der Waals surface area (Å²) in [7, 11) is 2.07. The smallest absolute Gasteiger partial charge is 0.227 e. The average molecular weight is 472 g/mol. The molecule has 2 saturated carbocycles. The van der Waals surface area contributed by atoms with Crippen LogP contribution in [0, 0.1) is 0 Å². The molecule has 0 aliphatic heterocycles. The minimum absolute atomic E-state index is 0.00473. The lowest BCUT2D eigenvalue weighted by molar-refractivity contribution is -0.123. The van der Waals surface area contributed by atoms with E-state index >= 15 is 0 Å². The molecule has 3 N–H and O–H groups in total. The van der Waals surface area contributed by atoms with E-state index in [9.17, 15) is 4.79 Å². The minimum atomic E-state index is 0.00473. The maximum absolute atomic E-state index is 13.0. The van der Waals surface area contributed by atoms with Crippen LogP contribution in [0.25, 0.3) is 0 Å². The van der Waals surface area contributed by atoms with E-state index in [-0.39, 0.29) is 17.9 Å². The van der Waals surface area contributed by atoms with Gasteiger partial charge in [-0.05, 0) is 68.6 Å². The van der Waals surface area contributed by atoms with Gasteiger partial charge in [0.1, 0.15) is 5.82 Å². The molecule has 2 heterocycles. The SMILES string of the molecule is CN(c1nccc(Nc2cc(C3CC3)[nH]n2)n1)C1CCC(NC(=O)[C@H]2CCc3ccccc32)CC1. The van der Waals surface area contributed by atoms with Gasteiger partial charge in [0.15, 0.2) is 5.82 Å². The monoisotopic (exact) mass is 471 g/mol. The van der Waals surface area contributed by atoms with Gasteiger partial charge in [0.2, 0.25) is 11.9 Å². The zero-order chi connectivity index (χ0) is 23.8. The fraction of sp³-hybridized carbons (Fsp3) is 0.481. The van der Waals surface area contributed by atoms with Crippen molar-refractivity contribution in [3.05, 3.63) is 59.4 Å². The predicted octanol–water partition coefficient (Wildman–Crippen LogP) is 4.41. The zero-order valence-corrected chi connectivity index (χ0v) is 20.2. The van der Waals surface area contributed by atoms with Crippen LogP contribution in [0.1, 0.15) is 73.6 Å². The van der Waals surface area contributed by atoms with Crippen LogP contribution in [0.3, 0.4) is 0 Å². The zero-order valence-electron chi connectivity index (χ0n) is 20.2. The van der Waals surface area contributed by atoms with Crippen molar-refractivity contribution in [1.29, 1.82) is 0 Å². The highest BCUT2D eigenvalue weighted by Crippen LogP contribution is 2.39. The molecule has 1 aromatic carbocycles. The molecule has 8 heteroatoms. The van der Waals surface area contributed by atoms with Crippen molar-refractivity contribution >= 4 is 23.5 Å². The summed E-state index contributed by atoms with van der Waals surface area (Å²) in [5, 5.41) is 14.1. The molecule has 3 aromatic rings. The highest BCUT2D eigenvalue weighted by molar-refractivity contribution is 5.85. The maximum Gasteiger partial charge on any atom is 0.227 e. The fourth-order valence-electron chi connectivity index (χ4n) is 5.63. The van der Waals surface area contributed by atoms with Crippen molar-refractivity contribution in [2.75, 3.05) is 17.3 Å². The van der Waals surface area contributed by atoms with Crippen molar-refractivity contribution in [3.8, 4) is 0 Å². The number of H-pyrrole nitrogens is 1. The maximum atomic E-state index is 13.0. The lowest BCUT2D eigenvalue weighted by Crippen LogP contribution is -2.44. The quantitative estimate of drug-likeness (QED) is 0.472. The molecule has 2 aromatic heterocycles. The lowest BCUT2D eigenvalue weighted by atomic mass is 9.89. The van der Waals surface area contributed by atoms with Crippen molar-refractivity contribution in [3.63, 3.8) is 0 Å². The third-order valence-corrected chi connectivity index (χ3v) is 7.87. The van der Waals surface area contributed by atoms with Crippen LogP contribution >= 0.6 is 0 Å². The van der Waals surface area contributed by atoms with E-state index in [0.717, 1.165) is 50.2 Å². The van der Waals surface area contributed by atoms with Gasteiger partial charge < -0.3 is 15.5 Å². The topological polar surface area (TPSA) is 98.8 Å². The first-order chi connectivity index (χ1) is 17.1. The molecule has 1 amide bonds. The Balaban J connectivity index is 1.03. The molecule has 2 fully saturated rings. The first-order valence-electron chi connectivity index (χ1n) is 12.9. The Hall–Kier alpha value is -3.42. The summed E-state index contributed by atoms with van der Waals surface area (Å²) in [5.41, 5.74) is 3.73. The summed E-state index contributed by atoms with van der Waals surface area (Å²) in [4.78, 5) is 24.4. The summed E-state index contributed by atoms with van der Waals surface area (Å²) in [6.07, 6.45) is 10.2. The van der Waals surface area contributed by atoms with Gasteiger partial charge in [-0.2, -0.15) is 10.1 Å². The first-order valence-corrected chi connectivity index (χ1v) is 12.9. The number of aromatic amines is 1. The number of fused-ring (bicyclic) bond motifs is 1. The van der Waals surface area contributed by atoms with Gasteiger partial charge in [-0.15, -0.1) is 0 Å². The summed E-state index contributed by atoms with van der Waals surface area (Å²) in [6.45, 7) is 0. The second-order valence-corrected chi connectivity index (χ2v) is 10.3. The van der Waals surface area contributed by atoms with Crippen LogP contribution in [0.4, 0.5) is 17.6 Å². The van der Waals surface area contributed by atoms with E-state index in [4.69, 9.17) is 4.98 Å². The van der Waals surface area contributed by atoms with Gasteiger partial charge in [-0.25, -0.2) is 4.98 Å². The molecule has 0 unspecified atom stereocenters. The number of anilines is 3. The fourth-order valence-corrected chi connectivity index (χ4v) is 5.63. The molecule has 6 rings (SSSR count). The number of nitrogens with one attached hydrogen (secondary N) is 3. The largest absolute Gasteiger partial charge is 0.353 e. The number of benzene rings is 1. The number of amides is 1. The molecule has 3 aliphatic rings. The Labute approximate surface area is 205 Å². The van der Waals surface area contributed by atoms with E-state index in [1.54, 1.807) is 6.20 Å². The van der Waals surface area contributed by atoms with Crippen molar-refractivity contribution in [2.24, 2.45) is 0 Å². The number of aryl methyl sites for hydroxylation is 1. The van der Waals surface area contributed by atoms with Gasteiger partial charge >= 0.3 is 0 Å². The van der Waals surface area contributed by atoms with E-state index in [1.807, 2.05) is 12.1 Å². The van der Waals surface area contributed by atoms with Crippen molar-refractivity contribution in [1.82, 2.24) is 25.5 Å². The van der Waals surface area contributed by atoms with E-state index in [2.05, 4.69) is 62.0 Å². The Morgan fingerprint density at radius 3 is 2.69 bits per heavy atom. The van der Waals surface area contributed by atoms with Crippen LogP contribution < -0.4 is 15.5 Å². The molecule has 0 spiro atoms. The lowest BCUT2D eigenvalue weighted by Gasteiger charge is -2.35. The van der Waals surface area contributed by atoms with Crippen LogP contribution in [-0.2, 0) is 11.2 Å². The molecule has 182 valence electrons. The molecule has 3 aliphatic carbocycles. The summed E-state index contributed by atoms with van der Waals surface area (Å²) >= 11 is 0. The first kappa shape index (κ1) is 22.1. The molecule has 0 bridgehead atoms. The second-order valence-electron chi connectivity index (χ2n) is 10.3. The van der Waals surface area contributed by atoms with E-state index in [0.29, 0.717) is 17.9 Å². The average Bonchev–Trinajstić information content (AvgIpc) is 3.48. The third-order valence-electron chi connectivity index (χ3n) is 7.87. The van der Waals surface area contributed by atoms with Gasteiger partial charge in [0.25, 0.3) is 0 Å². The molecule has 8 nitrogen and oxygen atoms in total. The molecule has 0 saturated heterocycles. The van der Waals surface area contributed by atoms with Gasteiger partial charge in [-0.1, -0.05) is 24.3 Å². The van der Waals surface area contributed by atoms with Crippen molar-refractivity contribution in [2.45, 2.75) is 75.3 Å². The Morgan fingerprint density at radius 1 is 1.03 bits per heavy atom. The normalized spacial score (nSPS) is 23.5. The van der Waals surface area contributed by atoms with Crippen LogP contribution in [-0.4, -0.2) is 45.2 Å². The Morgan fingerprint density at radius 2 is 1.86 bits per heavy atom. The van der Waals surface area contributed by atoms with E-state index in [1.165, 1.54) is 29.7 Å². The number of carbonyl (C=O) groups is 1. The Kier molecular flexibility index (Phi) is 5.88. The highest BCUT2D eigenvalue weighted by atomic mass is 16.2. The molecule has 0 radical (unpaired) electrons. The molecular weight excluding hydrogens is 438 g/mol. The van der Waals surface area contributed by atoms with Gasteiger partial charge in [0.05, 0.1) is 5.92 Å². The van der Waals surface area contributed by atoms with Crippen LogP contribution in [0.2, 0.25) is 0 Å². The van der Waals surface area contributed by atoms with Crippen LogP contribution in [0.5, 0.6) is 0 Å². The van der Waals surface area contributed by atoms with Crippen LogP contribution in [0.15, 0.2) is 42.6 Å². The molecule has 35 heavy (non-hydrogen) atoms. The molecule has 1 atom stereocenters. The standard InChI is InChI=1S/C27H33N7O/c1-34(27-28-15-14-24(31-27)30-25-16-23(32-33-25)18-6-7-18)20-11-9-19(10-12-20)29-26(35)22-13-8-17-4-2-3-5-21(17)22/h2-5,14-16,18-20,22H,6-13H2,1H3,(H,29,35)(H2,28,30,31,32,33)/t19?,20?,22-/m0/s1. The summed E-state index contributed by atoms with van der Waals surface area (Å²) in [5.74, 6) is 3.08. The summed E-state index contributed by atoms with van der Waals surface area (Å²) in [6, 6.07) is 12.9. The van der Waals surface area contributed by atoms with Gasteiger partial charge in [0, 0.05) is 43.0 Å². The summed E-state index contributed by atoms with van der Waals surface area (Å²) < 4.78 is 0. The highest BCUT2D eigenvalue weighted by Gasteiger charge is 2.32. The Bertz CT molecular complexity index is 1200. The predicted molar refractivity (Wildman–Crippen MR) is 136 cm³/mol. The number of hydrogen-bond acceptors (Lipinski definition) is 6. The minimum Gasteiger partial charge on any atom is -0.353 e. The van der Waals surface area contributed by atoms with Gasteiger partial charge in [-0.3, -0.25) is 9.89 Å². The number of nitrogens with zero attached hydrogens (tertiary/aromatic N) is 4. The number of hydrogen-bond donors (Lipinski definition) is 3. The number of rotatable bonds is 7. The second kappa shape index (κ2) is 9.32. The van der Waals surface area contributed by atoms with E-state index < -0.39 is 0 Å². The number of aromatic nitrogens is 4.